The first kappa shape index (κ1) is 20.5. The molecule has 154 valence electrons. The molecule has 1 atom stereocenters. The van der Waals surface area contributed by atoms with Crippen LogP contribution in [0.4, 0.5) is 0 Å². The molecule has 4 rings (SSSR count). The fourth-order valence-electron chi connectivity index (χ4n) is 4.30. The van der Waals surface area contributed by atoms with Crippen molar-refractivity contribution in [1.82, 2.24) is 10.2 Å². The first-order valence-corrected chi connectivity index (χ1v) is 10.8. The van der Waals surface area contributed by atoms with Gasteiger partial charge in [0.05, 0.1) is 0 Å². The molecule has 3 aromatic rings. The Morgan fingerprint density at radius 3 is 2.33 bits per heavy atom. The minimum Gasteiger partial charge on any atom is -0.311 e. The van der Waals surface area contributed by atoms with Crippen LogP contribution in [0.15, 0.2) is 78.9 Å². The van der Waals surface area contributed by atoms with Crippen molar-refractivity contribution >= 4 is 5.78 Å². The second-order valence-electron chi connectivity index (χ2n) is 8.22. The number of hydrogen-bond acceptors (Lipinski definition) is 3. The molecule has 0 amide bonds. The van der Waals surface area contributed by atoms with Gasteiger partial charge in [-0.15, -0.1) is 0 Å². The van der Waals surface area contributed by atoms with Crippen LogP contribution < -0.4 is 5.32 Å². The number of carbonyl (C=O) groups excluding carboxylic acids is 1. The topological polar surface area (TPSA) is 32.3 Å². The Bertz CT molecular complexity index is 966. The third kappa shape index (κ3) is 5.24. The number of hydrogen-bond donors (Lipinski definition) is 1. The fraction of sp³-hybridized carbons (Fsp3) is 0.296. The molecule has 0 bridgehead atoms. The summed E-state index contributed by atoms with van der Waals surface area (Å²) in [6, 6.07) is 28.0. The van der Waals surface area contributed by atoms with Crippen LogP contribution >= 0.6 is 0 Å². The normalized spacial score (nSPS) is 16.2. The highest BCUT2D eigenvalue weighted by Crippen LogP contribution is 2.25. The van der Waals surface area contributed by atoms with Gasteiger partial charge < -0.3 is 5.32 Å². The van der Waals surface area contributed by atoms with Gasteiger partial charge in [-0.1, -0.05) is 78.9 Å². The third-order valence-corrected chi connectivity index (χ3v) is 6.04. The summed E-state index contributed by atoms with van der Waals surface area (Å²) in [4.78, 5) is 14.2. The minimum absolute atomic E-state index is 0.124. The lowest BCUT2D eigenvalue weighted by Crippen LogP contribution is -2.44. The second-order valence-corrected chi connectivity index (χ2v) is 8.22. The number of benzene rings is 3. The number of nitrogens with one attached hydrogen (secondary N) is 1. The predicted molar refractivity (Wildman–Crippen MR) is 123 cm³/mol. The average molecular weight is 399 g/mol. The van der Waals surface area contributed by atoms with Gasteiger partial charge in [-0.3, -0.25) is 9.69 Å². The number of rotatable bonds is 8. The van der Waals surface area contributed by atoms with Crippen molar-refractivity contribution in [3.8, 4) is 0 Å². The van der Waals surface area contributed by atoms with Gasteiger partial charge in [-0.2, -0.15) is 0 Å². The summed E-state index contributed by atoms with van der Waals surface area (Å²) in [5, 5.41) is 3.60. The van der Waals surface area contributed by atoms with E-state index in [0.717, 1.165) is 44.6 Å². The number of Topliss-reactive ketones (excluding diaryl/α,β-unsaturated/α-hetero) is 1. The van der Waals surface area contributed by atoms with E-state index >= 15 is 0 Å². The van der Waals surface area contributed by atoms with Gasteiger partial charge in [0.1, 0.15) is 0 Å². The van der Waals surface area contributed by atoms with Crippen LogP contribution in [-0.4, -0.2) is 29.8 Å². The number of nitrogens with zero attached hydrogens (tertiary/aromatic N) is 1. The molecule has 1 aliphatic rings. The molecule has 0 aliphatic carbocycles. The van der Waals surface area contributed by atoms with Crippen molar-refractivity contribution in [3.05, 3.63) is 107 Å². The Labute approximate surface area is 179 Å². The Morgan fingerprint density at radius 1 is 0.900 bits per heavy atom. The molecule has 1 N–H and O–H groups in total. The monoisotopic (exact) mass is 398 g/mol. The Hall–Kier alpha value is -2.75. The van der Waals surface area contributed by atoms with Gasteiger partial charge >= 0.3 is 0 Å². The van der Waals surface area contributed by atoms with Crippen molar-refractivity contribution in [2.24, 2.45) is 0 Å². The van der Waals surface area contributed by atoms with E-state index in [2.05, 4.69) is 76.9 Å². The largest absolute Gasteiger partial charge is 0.311 e. The SMILES string of the molecule is CC(=O)c1ccc(CC2Cc3ccccc3CN2CCNCc2ccccc2)cc1. The van der Waals surface area contributed by atoms with Crippen LogP contribution in [0.5, 0.6) is 0 Å². The molecule has 0 saturated heterocycles. The van der Waals surface area contributed by atoms with Crippen LogP contribution in [0.1, 0.15) is 39.5 Å². The summed E-state index contributed by atoms with van der Waals surface area (Å²) in [6.45, 7) is 5.52. The van der Waals surface area contributed by atoms with Crippen molar-refractivity contribution in [3.63, 3.8) is 0 Å². The molecule has 3 heteroatoms. The van der Waals surface area contributed by atoms with Crippen LogP contribution in [0.2, 0.25) is 0 Å². The molecular weight excluding hydrogens is 368 g/mol. The summed E-state index contributed by atoms with van der Waals surface area (Å²) in [6.07, 6.45) is 2.08. The second kappa shape index (κ2) is 9.84. The van der Waals surface area contributed by atoms with E-state index in [1.165, 1.54) is 22.3 Å². The fourth-order valence-corrected chi connectivity index (χ4v) is 4.30. The lowest BCUT2D eigenvalue weighted by molar-refractivity contribution is 0.101. The molecule has 0 spiro atoms. The first-order chi connectivity index (χ1) is 14.7. The predicted octanol–water partition coefficient (Wildman–Crippen LogP) is 4.65. The van der Waals surface area contributed by atoms with Crippen molar-refractivity contribution in [2.45, 2.75) is 38.9 Å². The highest BCUT2D eigenvalue weighted by Gasteiger charge is 2.25. The molecule has 0 aromatic heterocycles. The van der Waals surface area contributed by atoms with Crippen molar-refractivity contribution in [1.29, 1.82) is 0 Å². The first-order valence-electron chi connectivity index (χ1n) is 10.8. The van der Waals surface area contributed by atoms with E-state index in [1.54, 1.807) is 6.92 Å². The summed E-state index contributed by atoms with van der Waals surface area (Å²) >= 11 is 0. The van der Waals surface area contributed by atoms with Gasteiger partial charge in [-0.25, -0.2) is 0 Å². The summed E-state index contributed by atoms with van der Waals surface area (Å²) in [5.74, 6) is 0.124. The lowest BCUT2D eigenvalue weighted by Gasteiger charge is -2.37. The smallest absolute Gasteiger partial charge is 0.159 e. The molecular formula is C27H30N2O. The average Bonchev–Trinajstić information content (AvgIpc) is 2.78. The van der Waals surface area contributed by atoms with E-state index in [-0.39, 0.29) is 5.78 Å². The number of carbonyl (C=O) groups is 1. The molecule has 3 aromatic carbocycles. The van der Waals surface area contributed by atoms with Gasteiger partial charge in [0.15, 0.2) is 5.78 Å². The quantitative estimate of drug-likeness (QED) is 0.443. The highest BCUT2D eigenvalue weighted by atomic mass is 16.1. The summed E-state index contributed by atoms with van der Waals surface area (Å²) < 4.78 is 0. The van der Waals surface area contributed by atoms with Crippen molar-refractivity contribution in [2.75, 3.05) is 13.1 Å². The third-order valence-electron chi connectivity index (χ3n) is 6.04. The zero-order chi connectivity index (χ0) is 20.8. The Balaban J connectivity index is 1.41. The van der Waals surface area contributed by atoms with Crippen LogP contribution in [0.25, 0.3) is 0 Å². The van der Waals surface area contributed by atoms with E-state index in [4.69, 9.17) is 0 Å². The Morgan fingerprint density at radius 2 is 1.60 bits per heavy atom. The van der Waals surface area contributed by atoms with Crippen LogP contribution in [0.3, 0.4) is 0 Å². The molecule has 0 fully saturated rings. The summed E-state index contributed by atoms with van der Waals surface area (Å²) in [5.41, 5.74) is 6.32. The molecule has 1 unspecified atom stereocenters. The van der Waals surface area contributed by atoms with E-state index in [9.17, 15) is 4.79 Å². The zero-order valence-electron chi connectivity index (χ0n) is 17.7. The molecule has 0 radical (unpaired) electrons. The maximum absolute atomic E-state index is 11.6. The number of ketones is 1. The molecule has 3 nitrogen and oxygen atoms in total. The van der Waals surface area contributed by atoms with E-state index in [1.807, 2.05) is 12.1 Å². The van der Waals surface area contributed by atoms with Crippen molar-refractivity contribution < 1.29 is 4.79 Å². The molecule has 30 heavy (non-hydrogen) atoms. The van der Waals surface area contributed by atoms with Gasteiger partial charge in [-0.05, 0) is 42.0 Å². The van der Waals surface area contributed by atoms with Gasteiger partial charge in [0, 0.05) is 37.8 Å². The van der Waals surface area contributed by atoms with Gasteiger partial charge in [0.25, 0.3) is 0 Å². The Kier molecular flexibility index (Phi) is 6.73. The van der Waals surface area contributed by atoms with Crippen LogP contribution in [0, 0.1) is 0 Å². The standard InChI is InChI=1S/C27H30N2O/c1-21(30)24-13-11-22(12-14-24)17-27-18-25-9-5-6-10-26(25)20-29(27)16-15-28-19-23-7-3-2-4-8-23/h2-14,27-28H,15-20H2,1H3. The lowest BCUT2D eigenvalue weighted by atomic mass is 9.90. The van der Waals surface area contributed by atoms with E-state index < -0.39 is 0 Å². The number of fused-ring (bicyclic) bond motifs is 1. The highest BCUT2D eigenvalue weighted by molar-refractivity contribution is 5.94. The van der Waals surface area contributed by atoms with E-state index in [0.29, 0.717) is 6.04 Å². The minimum atomic E-state index is 0.124. The van der Waals surface area contributed by atoms with Gasteiger partial charge in [0.2, 0.25) is 0 Å². The summed E-state index contributed by atoms with van der Waals surface area (Å²) in [7, 11) is 0. The molecule has 1 heterocycles. The molecule has 1 aliphatic heterocycles. The zero-order valence-corrected chi connectivity index (χ0v) is 17.7. The van der Waals surface area contributed by atoms with Crippen LogP contribution in [-0.2, 0) is 25.9 Å². The maximum Gasteiger partial charge on any atom is 0.159 e. The molecule has 0 saturated carbocycles. The maximum atomic E-state index is 11.6.